The van der Waals surface area contributed by atoms with Crippen molar-refractivity contribution in [2.75, 3.05) is 11.9 Å². The third kappa shape index (κ3) is 4.63. The molecule has 2 aromatic rings. The molecule has 0 spiro atoms. The van der Waals surface area contributed by atoms with Gasteiger partial charge in [0.05, 0.1) is 0 Å². The number of benzene rings is 2. The highest BCUT2D eigenvalue weighted by atomic mass is 35.5. The fraction of sp³-hybridized carbons (Fsp3) is 0.458. The average Bonchev–Trinajstić information content (AvgIpc) is 2.89. The zero-order chi connectivity index (χ0) is 21.2. The number of carbonyl (C=O) groups excluding carboxylic acids is 1. The predicted molar refractivity (Wildman–Crippen MR) is 123 cm³/mol. The van der Waals surface area contributed by atoms with Gasteiger partial charge in [0.15, 0.2) is 0 Å². The van der Waals surface area contributed by atoms with E-state index in [4.69, 9.17) is 23.2 Å². The van der Waals surface area contributed by atoms with Crippen LogP contribution in [-0.2, 0) is 16.8 Å². The van der Waals surface area contributed by atoms with Gasteiger partial charge in [0, 0.05) is 33.8 Å². The van der Waals surface area contributed by atoms with Crippen LogP contribution in [0.5, 0.6) is 0 Å². The Labute approximate surface area is 184 Å². The smallest absolute Gasteiger partial charge is 0.249 e. The molecule has 1 unspecified atom stereocenters. The number of carbonyl (C=O) groups is 1. The molecule has 0 saturated heterocycles. The summed E-state index contributed by atoms with van der Waals surface area (Å²) in [5.74, 6) is 0.643. The van der Waals surface area contributed by atoms with Gasteiger partial charge in [-0.2, -0.15) is 0 Å². The molecule has 1 heterocycles. The van der Waals surface area contributed by atoms with Gasteiger partial charge in [0.1, 0.15) is 5.54 Å². The number of rotatable bonds is 8. The number of hydrogen-bond acceptors (Lipinski definition) is 2. The molecule has 0 radical (unpaired) electrons. The molecule has 1 amide bonds. The molecule has 1 aliphatic rings. The molecular formula is C24H30Cl2N2O. The highest BCUT2D eigenvalue weighted by Gasteiger charge is 2.51. The SMILES string of the molecule is CC(C)CCCN(C(C)C)C1(Cc2cccc(Cl)c2)C(=O)Nc2cc(Cl)ccc21. The molecule has 2 aromatic carbocycles. The molecule has 1 aliphatic heterocycles. The quantitative estimate of drug-likeness (QED) is 0.513. The predicted octanol–water partition coefficient (Wildman–Crippen LogP) is 6.53. The number of fused-ring (bicyclic) bond motifs is 1. The maximum Gasteiger partial charge on any atom is 0.249 e. The van der Waals surface area contributed by atoms with Crippen LogP contribution in [0.3, 0.4) is 0 Å². The van der Waals surface area contributed by atoms with Crippen LogP contribution in [0.25, 0.3) is 0 Å². The summed E-state index contributed by atoms with van der Waals surface area (Å²) in [5.41, 5.74) is 2.06. The van der Waals surface area contributed by atoms with Crippen LogP contribution in [0.1, 0.15) is 51.7 Å². The Bertz CT molecular complexity index is 881. The van der Waals surface area contributed by atoms with Gasteiger partial charge < -0.3 is 5.32 Å². The minimum atomic E-state index is -0.782. The largest absolute Gasteiger partial charge is 0.324 e. The maximum atomic E-state index is 13.6. The van der Waals surface area contributed by atoms with Crippen LogP contribution in [0.2, 0.25) is 10.0 Å². The standard InChI is InChI=1S/C24H30Cl2N2O/c1-16(2)7-6-12-28(17(3)4)24(15-18-8-5-9-19(25)13-18)21-11-10-20(26)14-22(21)27-23(24)29/h5,8-11,13-14,16-17H,6-7,12,15H2,1-4H3,(H,27,29). The number of amides is 1. The van der Waals surface area contributed by atoms with Gasteiger partial charge in [-0.3, -0.25) is 9.69 Å². The molecule has 156 valence electrons. The van der Waals surface area contributed by atoms with Crippen molar-refractivity contribution < 1.29 is 4.79 Å². The summed E-state index contributed by atoms with van der Waals surface area (Å²) in [7, 11) is 0. The Balaban J connectivity index is 2.10. The number of halogens is 2. The highest BCUT2D eigenvalue weighted by Crippen LogP contribution is 2.45. The lowest BCUT2D eigenvalue weighted by Gasteiger charge is -2.43. The summed E-state index contributed by atoms with van der Waals surface area (Å²) in [4.78, 5) is 15.9. The molecule has 3 nitrogen and oxygen atoms in total. The fourth-order valence-electron chi connectivity index (χ4n) is 4.39. The Kier molecular flexibility index (Phi) is 6.93. The molecular weight excluding hydrogens is 403 g/mol. The second kappa shape index (κ2) is 9.07. The Morgan fingerprint density at radius 1 is 1.03 bits per heavy atom. The van der Waals surface area contributed by atoms with Crippen molar-refractivity contribution in [1.82, 2.24) is 4.90 Å². The van der Waals surface area contributed by atoms with Gasteiger partial charge in [0.25, 0.3) is 0 Å². The zero-order valence-corrected chi connectivity index (χ0v) is 19.1. The summed E-state index contributed by atoms with van der Waals surface area (Å²) in [6.45, 7) is 9.65. The van der Waals surface area contributed by atoms with E-state index in [1.54, 1.807) is 0 Å². The molecule has 0 saturated carbocycles. The first kappa shape index (κ1) is 22.1. The normalized spacial score (nSPS) is 18.6. The van der Waals surface area contributed by atoms with Crippen molar-refractivity contribution in [3.63, 3.8) is 0 Å². The van der Waals surface area contributed by atoms with Crippen molar-refractivity contribution >= 4 is 34.8 Å². The van der Waals surface area contributed by atoms with E-state index < -0.39 is 5.54 Å². The van der Waals surface area contributed by atoms with Crippen LogP contribution in [0.4, 0.5) is 5.69 Å². The monoisotopic (exact) mass is 432 g/mol. The molecule has 29 heavy (non-hydrogen) atoms. The van der Waals surface area contributed by atoms with E-state index >= 15 is 0 Å². The van der Waals surface area contributed by atoms with Crippen LogP contribution < -0.4 is 5.32 Å². The Morgan fingerprint density at radius 2 is 1.76 bits per heavy atom. The summed E-state index contributed by atoms with van der Waals surface area (Å²) in [5, 5.41) is 4.41. The summed E-state index contributed by atoms with van der Waals surface area (Å²) < 4.78 is 0. The third-order valence-corrected chi connectivity index (χ3v) is 6.16. The van der Waals surface area contributed by atoms with Crippen molar-refractivity contribution in [3.8, 4) is 0 Å². The van der Waals surface area contributed by atoms with E-state index in [0.717, 1.165) is 36.2 Å². The molecule has 1 N–H and O–H groups in total. The van der Waals surface area contributed by atoms with Crippen LogP contribution >= 0.6 is 23.2 Å². The van der Waals surface area contributed by atoms with Crippen molar-refractivity contribution in [1.29, 1.82) is 0 Å². The lowest BCUT2D eigenvalue weighted by molar-refractivity contribution is -0.129. The summed E-state index contributed by atoms with van der Waals surface area (Å²) >= 11 is 12.5. The van der Waals surface area contributed by atoms with Crippen LogP contribution in [-0.4, -0.2) is 23.4 Å². The van der Waals surface area contributed by atoms with Crippen molar-refractivity contribution in [2.24, 2.45) is 5.92 Å². The van der Waals surface area contributed by atoms with E-state index in [2.05, 4.69) is 37.9 Å². The zero-order valence-electron chi connectivity index (χ0n) is 17.6. The fourth-order valence-corrected chi connectivity index (χ4v) is 4.78. The van der Waals surface area contributed by atoms with Crippen molar-refractivity contribution in [2.45, 2.75) is 58.5 Å². The van der Waals surface area contributed by atoms with E-state index in [9.17, 15) is 4.79 Å². The molecule has 3 rings (SSSR count). The molecule has 0 aromatic heterocycles. The lowest BCUT2D eigenvalue weighted by Crippen LogP contribution is -2.55. The van der Waals surface area contributed by atoms with E-state index in [1.807, 2.05) is 42.5 Å². The number of nitrogens with zero attached hydrogens (tertiary/aromatic N) is 1. The highest BCUT2D eigenvalue weighted by molar-refractivity contribution is 6.31. The molecule has 0 fully saturated rings. The average molecular weight is 433 g/mol. The first-order valence-electron chi connectivity index (χ1n) is 10.4. The Hall–Kier alpha value is -1.55. The lowest BCUT2D eigenvalue weighted by atomic mass is 9.81. The van der Waals surface area contributed by atoms with E-state index in [0.29, 0.717) is 22.4 Å². The first-order chi connectivity index (χ1) is 13.7. The minimum absolute atomic E-state index is 0.00740. The van der Waals surface area contributed by atoms with Crippen LogP contribution in [0.15, 0.2) is 42.5 Å². The first-order valence-corrected chi connectivity index (χ1v) is 11.1. The van der Waals surface area contributed by atoms with Gasteiger partial charge in [-0.05, 0) is 69.0 Å². The summed E-state index contributed by atoms with van der Waals surface area (Å²) in [6, 6.07) is 13.7. The summed E-state index contributed by atoms with van der Waals surface area (Å²) in [6.07, 6.45) is 2.74. The van der Waals surface area contributed by atoms with Gasteiger partial charge in [-0.15, -0.1) is 0 Å². The molecule has 0 bridgehead atoms. The third-order valence-electron chi connectivity index (χ3n) is 5.69. The van der Waals surface area contributed by atoms with Gasteiger partial charge in [-0.1, -0.05) is 55.2 Å². The van der Waals surface area contributed by atoms with E-state index in [1.165, 1.54) is 0 Å². The van der Waals surface area contributed by atoms with Crippen LogP contribution in [0, 0.1) is 5.92 Å². The van der Waals surface area contributed by atoms with Gasteiger partial charge in [-0.25, -0.2) is 0 Å². The van der Waals surface area contributed by atoms with Gasteiger partial charge >= 0.3 is 0 Å². The van der Waals surface area contributed by atoms with Gasteiger partial charge in [0.2, 0.25) is 5.91 Å². The number of nitrogens with one attached hydrogen (secondary N) is 1. The molecule has 1 atom stereocenters. The Morgan fingerprint density at radius 3 is 2.41 bits per heavy atom. The number of hydrogen-bond donors (Lipinski definition) is 1. The number of anilines is 1. The molecule has 0 aliphatic carbocycles. The molecule has 5 heteroatoms. The van der Waals surface area contributed by atoms with Crippen molar-refractivity contribution in [3.05, 3.63) is 63.6 Å². The van der Waals surface area contributed by atoms with E-state index in [-0.39, 0.29) is 11.9 Å². The minimum Gasteiger partial charge on any atom is -0.324 e. The second-order valence-electron chi connectivity index (χ2n) is 8.63. The second-order valence-corrected chi connectivity index (χ2v) is 9.51. The maximum absolute atomic E-state index is 13.6. The topological polar surface area (TPSA) is 32.3 Å².